The highest BCUT2D eigenvalue weighted by molar-refractivity contribution is 7.98. The number of nitrogens with zero attached hydrogens (tertiary/aromatic N) is 4. The van der Waals surface area contributed by atoms with E-state index in [1.165, 1.54) is 5.56 Å². The summed E-state index contributed by atoms with van der Waals surface area (Å²) in [5, 5.41) is 5.13. The van der Waals surface area contributed by atoms with Crippen molar-refractivity contribution in [2.24, 2.45) is 12.0 Å². The van der Waals surface area contributed by atoms with E-state index >= 15 is 0 Å². The number of thioether (sulfide) groups is 1. The summed E-state index contributed by atoms with van der Waals surface area (Å²) in [4.78, 5) is 8.86. The summed E-state index contributed by atoms with van der Waals surface area (Å²) < 4.78 is 1.70. The minimum absolute atomic E-state index is 0.611. The predicted molar refractivity (Wildman–Crippen MR) is 90.7 cm³/mol. The van der Waals surface area contributed by atoms with Gasteiger partial charge in [0.15, 0.2) is 0 Å². The quantitative estimate of drug-likeness (QED) is 0.531. The molecule has 22 heavy (non-hydrogen) atoms. The molecule has 0 aliphatic heterocycles. The molecule has 2 aromatic carbocycles. The van der Waals surface area contributed by atoms with Crippen molar-refractivity contribution in [3.63, 3.8) is 0 Å². The maximum atomic E-state index is 4.46. The zero-order valence-electron chi connectivity index (χ0n) is 12.3. The molecule has 1 heterocycles. The summed E-state index contributed by atoms with van der Waals surface area (Å²) in [5.74, 6) is 1.46. The van der Waals surface area contributed by atoms with Gasteiger partial charge in [0.05, 0.1) is 0 Å². The lowest BCUT2D eigenvalue weighted by Crippen LogP contribution is -1.90. The van der Waals surface area contributed by atoms with E-state index in [9.17, 15) is 0 Å². The Balaban J connectivity index is 1.67. The fourth-order valence-electron chi connectivity index (χ4n) is 1.92. The van der Waals surface area contributed by atoms with Crippen LogP contribution in [0, 0.1) is 0 Å². The monoisotopic (exact) mass is 308 g/mol. The molecule has 0 aliphatic rings. The van der Waals surface area contributed by atoms with E-state index in [1.807, 2.05) is 55.6 Å². The third kappa shape index (κ3) is 3.83. The number of rotatable bonds is 5. The molecule has 3 aromatic rings. The first-order valence-corrected chi connectivity index (χ1v) is 7.97. The number of aryl methyl sites for hydroxylation is 1. The van der Waals surface area contributed by atoms with Gasteiger partial charge in [0.1, 0.15) is 0 Å². The van der Waals surface area contributed by atoms with Crippen molar-refractivity contribution in [2.75, 3.05) is 0 Å². The first kappa shape index (κ1) is 14.5. The molecule has 0 saturated heterocycles. The van der Waals surface area contributed by atoms with Crippen molar-refractivity contribution < 1.29 is 0 Å². The van der Waals surface area contributed by atoms with Crippen LogP contribution in [0.25, 0.3) is 0 Å². The van der Waals surface area contributed by atoms with Crippen LogP contribution in [0.2, 0.25) is 0 Å². The van der Waals surface area contributed by atoms with Crippen LogP contribution in [0.1, 0.15) is 11.1 Å². The highest BCUT2D eigenvalue weighted by atomic mass is 32.2. The lowest BCUT2D eigenvalue weighted by molar-refractivity contribution is 0.741. The summed E-state index contributed by atoms with van der Waals surface area (Å²) in [6, 6.07) is 20.3. The van der Waals surface area contributed by atoms with Crippen molar-refractivity contribution in [2.45, 2.75) is 10.9 Å². The Kier molecular flexibility index (Phi) is 4.65. The van der Waals surface area contributed by atoms with E-state index in [0.717, 1.165) is 16.5 Å². The Bertz CT molecular complexity index is 751. The molecule has 0 fully saturated rings. The van der Waals surface area contributed by atoms with E-state index in [0.29, 0.717) is 5.95 Å². The van der Waals surface area contributed by atoms with Gasteiger partial charge in [0, 0.05) is 19.0 Å². The van der Waals surface area contributed by atoms with E-state index in [1.54, 1.807) is 22.7 Å². The maximum absolute atomic E-state index is 4.46. The van der Waals surface area contributed by atoms with Crippen LogP contribution in [0.5, 0.6) is 0 Å². The molecule has 0 N–H and O–H groups in total. The minimum atomic E-state index is 0.611. The van der Waals surface area contributed by atoms with Gasteiger partial charge in [-0.2, -0.15) is 4.98 Å². The molecule has 0 radical (unpaired) electrons. The van der Waals surface area contributed by atoms with Crippen LogP contribution >= 0.6 is 11.8 Å². The second-order valence-corrected chi connectivity index (χ2v) is 5.70. The van der Waals surface area contributed by atoms with Crippen molar-refractivity contribution >= 4 is 23.9 Å². The van der Waals surface area contributed by atoms with Gasteiger partial charge in [-0.15, -0.1) is 5.10 Å². The van der Waals surface area contributed by atoms with Gasteiger partial charge in [0.2, 0.25) is 11.1 Å². The zero-order chi connectivity index (χ0) is 15.2. The van der Waals surface area contributed by atoms with Crippen LogP contribution in [-0.2, 0) is 12.8 Å². The molecule has 0 aliphatic carbocycles. The van der Waals surface area contributed by atoms with E-state index in [-0.39, 0.29) is 0 Å². The van der Waals surface area contributed by atoms with Gasteiger partial charge in [-0.3, -0.25) is 0 Å². The van der Waals surface area contributed by atoms with Crippen LogP contribution in [0.4, 0.5) is 5.95 Å². The third-order valence-electron chi connectivity index (χ3n) is 3.06. The highest BCUT2D eigenvalue weighted by Crippen LogP contribution is 2.21. The second kappa shape index (κ2) is 7.04. The molecule has 0 unspecified atom stereocenters. The Morgan fingerprint density at radius 1 is 1.05 bits per heavy atom. The summed E-state index contributed by atoms with van der Waals surface area (Å²) in [5.41, 5.74) is 2.30. The molecule has 5 heteroatoms. The van der Waals surface area contributed by atoms with Crippen molar-refractivity contribution in [1.82, 2.24) is 14.8 Å². The molecule has 0 amide bonds. The molecule has 3 rings (SSSR count). The normalized spacial score (nSPS) is 11.1. The molecule has 110 valence electrons. The number of hydrogen-bond acceptors (Lipinski definition) is 4. The molecule has 1 aromatic heterocycles. The van der Waals surface area contributed by atoms with Gasteiger partial charge < -0.3 is 0 Å². The summed E-state index contributed by atoms with van der Waals surface area (Å²) in [6.45, 7) is 0. The van der Waals surface area contributed by atoms with Crippen molar-refractivity contribution in [1.29, 1.82) is 0 Å². The Morgan fingerprint density at radius 3 is 2.45 bits per heavy atom. The predicted octanol–water partition coefficient (Wildman–Crippen LogP) is 3.86. The van der Waals surface area contributed by atoms with Crippen LogP contribution in [0.3, 0.4) is 0 Å². The molecule has 0 bridgehead atoms. The first-order valence-electron chi connectivity index (χ1n) is 6.98. The van der Waals surface area contributed by atoms with Crippen LogP contribution in [0.15, 0.2) is 70.8 Å². The number of hydrogen-bond donors (Lipinski definition) is 0. The largest absolute Gasteiger partial charge is 0.248 e. The third-order valence-corrected chi connectivity index (χ3v) is 3.97. The SMILES string of the molecule is Cn1nc(SCc2ccccc2)nc1/N=C\c1ccccc1. The number of benzene rings is 2. The average Bonchev–Trinajstić information content (AvgIpc) is 2.93. The topological polar surface area (TPSA) is 43.1 Å². The number of aromatic nitrogens is 3. The molecular weight excluding hydrogens is 292 g/mol. The van der Waals surface area contributed by atoms with Gasteiger partial charge in [-0.05, 0) is 11.1 Å². The number of aliphatic imine (C=N–C) groups is 1. The molecule has 0 atom stereocenters. The minimum Gasteiger partial charge on any atom is -0.232 e. The van der Waals surface area contributed by atoms with Gasteiger partial charge in [-0.1, -0.05) is 72.4 Å². The van der Waals surface area contributed by atoms with E-state index in [4.69, 9.17) is 0 Å². The molecule has 0 spiro atoms. The average molecular weight is 308 g/mol. The fraction of sp³-hybridized carbons (Fsp3) is 0.118. The van der Waals surface area contributed by atoms with Gasteiger partial charge in [0.25, 0.3) is 0 Å². The van der Waals surface area contributed by atoms with Crippen molar-refractivity contribution in [3.05, 3.63) is 71.8 Å². The Hall–Kier alpha value is -2.40. The second-order valence-electron chi connectivity index (χ2n) is 4.76. The lowest BCUT2D eigenvalue weighted by atomic mass is 10.2. The van der Waals surface area contributed by atoms with E-state index in [2.05, 4.69) is 27.2 Å². The zero-order valence-corrected chi connectivity index (χ0v) is 13.1. The Morgan fingerprint density at radius 2 is 1.73 bits per heavy atom. The standard InChI is InChI=1S/C17H16N4S/c1-21-16(18-12-14-8-4-2-5-9-14)19-17(20-21)22-13-15-10-6-3-7-11-15/h2-12H,13H2,1H3/b18-12-. The molecular formula is C17H16N4S. The van der Waals surface area contributed by atoms with Gasteiger partial charge >= 0.3 is 0 Å². The van der Waals surface area contributed by atoms with Crippen molar-refractivity contribution in [3.8, 4) is 0 Å². The highest BCUT2D eigenvalue weighted by Gasteiger charge is 2.06. The maximum Gasteiger partial charge on any atom is 0.248 e. The fourth-order valence-corrected chi connectivity index (χ4v) is 2.73. The van der Waals surface area contributed by atoms with Gasteiger partial charge in [-0.25, -0.2) is 9.67 Å². The molecule has 0 saturated carbocycles. The smallest absolute Gasteiger partial charge is 0.232 e. The lowest BCUT2D eigenvalue weighted by Gasteiger charge is -1.96. The van der Waals surface area contributed by atoms with Crippen LogP contribution < -0.4 is 0 Å². The Labute approximate surface area is 133 Å². The summed E-state index contributed by atoms with van der Waals surface area (Å²) >= 11 is 1.61. The molecule has 4 nitrogen and oxygen atoms in total. The summed E-state index contributed by atoms with van der Waals surface area (Å²) in [7, 11) is 1.86. The summed E-state index contributed by atoms with van der Waals surface area (Å²) in [6.07, 6.45) is 1.80. The van der Waals surface area contributed by atoms with Crippen LogP contribution in [-0.4, -0.2) is 21.0 Å². The first-order chi connectivity index (χ1) is 10.8. The van der Waals surface area contributed by atoms with E-state index < -0.39 is 0 Å².